The summed E-state index contributed by atoms with van der Waals surface area (Å²) in [6.07, 6.45) is 0. The highest BCUT2D eigenvalue weighted by molar-refractivity contribution is 6.06. The van der Waals surface area contributed by atoms with Crippen molar-refractivity contribution < 1.29 is 24.6 Å². The van der Waals surface area contributed by atoms with Gasteiger partial charge in [-0.2, -0.15) is 0 Å². The highest BCUT2D eigenvalue weighted by atomic mass is 16.3. The van der Waals surface area contributed by atoms with Crippen LogP contribution < -0.4 is 29.4 Å². The summed E-state index contributed by atoms with van der Waals surface area (Å²) in [5.41, 5.74) is 5.89. The van der Waals surface area contributed by atoms with Crippen LogP contribution in [0, 0.1) is 0 Å². The van der Waals surface area contributed by atoms with E-state index in [1.807, 2.05) is 139 Å². The molecule has 276 valence electrons. The van der Waals surface area contributed by atoms with Crippen LogP contribution in [0.15, 0.2) is 97.1 Å². The first-order valence-electron chi connectivity index (χ1n) is 18.1. The lowest BCUT2D eigenvalue weighted by molar-refractivity contribution is 0.251. The summed E-state index contributed by atoms with van der Waals surface area (Å²) in [5, 5.41) is 18.8. The second-order valence-electron chi connectivity index (χ2n) is 12.0. The number of anilines is 6. The van der Waals surface area contributed by atoms with Crippen molar-refractivity contribution in [3.05, 3.63) is 108 Å². The number of hydrogen-bond acceptors (Lipinski definition) is 5. The van der Waals surface area contributed by atoms with Crippen LogP contribution in [0.25, 0.3) is 0 Å². The zero-order valence-corrected chi connectivity index (χ0v) is 31.2. The summed E-state index contributed by atoms with van der Waals surface area (Å²) in [6.45, 7) is 14.1. The number of aliphatic hydroxyl groups is 2. The fourth-order valence-electron chi connectivity index (χ4n) is 6.19. The molecule has 0 aromatic heterocycles. The molecule has 0 aliphatic heterocycles. The summed E-state index contributed by atoms with van der Waals surface area (Å²) in [6, 6.07) is 28.9. The molecule has 52 heavy (non-hydrogen) atoms. The van der Waals surface area contributed by atoms with E-state index in [9.17, 15) is 24.6 Å². The van der Waals surface area contributed by atoms with Crippen LogP contribution >= 0.6 is 0 Å². The Morgan fingerprint density at radius 1 is 0.346 bits per heavy atom. The number of carbonyl (C=O) groups is 3. The Morgan fingerprint density at radius 2 is 0.500 bits per heavy atom. The van der Waals surface area contributed by atoms with Crippen LogP contribution in [0.4, 0.5) is 48.5 Å². The Balaban J connectivity index is 1.50. The lowest BCUT2D eigenvalue weighted by atomic mass is 10.2. The van der Waals surface area contributed by atoms with E-state index < -0.39 is 0 Å². The molecule has 0 saturated heterocycles. The summed E-state index contributed by atoms with van der Waals surface area (Å²) in [4.78, 5) is 51.6. The molecule has 0 bridgehead atoms. The van der Waals surface area contributed by atoms with Crippen LogP contribution in [0.5, 0.6) is 0 Å². The minimum absolute atomic E-state index is 0.0599. The molecule has 4 rings (SSSR count). The van der Waals surface area contributed by atoms with Gasteiger partial charge in [0.15, 0.2) is 0 Å². The third-order valence-electron chi connectivity index (χ3n) is 9.09. The van der Waals surface area contributed by atoms with Gasteiger partial charge in [0.05, 0.1) is 13.2 Å². The Kier molecular flexibility index (Phi) is 14.2. The molecule has 0 aliphatic carbocycles. The standard InChI is InChI=1S/C41H52N6O5/c1-7-42(33-17-13-31(29-48)14-18-33)39(50)44(9-3)35-21-25-37(26-22-35)46(11-5)41(52)47(12-6)38-27-23-36(24-28-38)45(10-4)40(51)43(8-2)34-19-15-32(30-49)16-20-34/h13-28,48-49H,7-12,29-30H2,1-6H3. The summed E-state index contributed by atoms with van der Waals surface area (Å²) >= 11 is 0. The molecule has 11 nitrogen and oxygen atoms in total. The van der Waals surface area contributed by atoms with Crippen LogP contribution in [-0.4, -0.2) is 67.6 Å². The molecular formula is C41H52N6O5. The maximum absolute atomic E-state index is 14.0. The lowest BCUT2D eigenvalue weighted by Gasteiger charge is -2.32. The first-order valence-corrected chi connectivity index (χ1v) is 18.1. The molecule has 0 aliphatic rings. The number of urea groups is 3. The van der Waals surface area contributed by atoms with Gasteiger partial charge in [-0.05, 0) is 125 Å². The van der Waals surface area contributed by atoms with Crippen molar-refractivity contribution in [3.8, 4) is 0 Å². The number of carbonyl (C=O) groups excluding carboxylic acids is 3. The molecule has 0 atom stereocenters. The van der Waals surface area contributed by atoms with Crippen molar-refractivity contribution in [1.82, 2.24) is 0 Å². The average molecular weight is 709 g/mol. The quantitative estimate of drug-likeness (QED) is 0.138. The van der Waals surface area contributed by atoms with Crippen LogP contribution in [-0.2, 0) is 13.2 Å². The van der Waals surface area contributed by atoms with E-state index in [4.69, 9.17) is 0 Å². The summed E-state index contributed by atoms with van der Waals surface area (Å²) in [7, 11) is 0. The van der Waals surface area contributed by atoms with Crippen molar-refractivity contribution in [2.24, 2.45) is 0 Å². The molecule has 0 saturated carbocycles. The number of amides is 6. The monoisotopic (exact) mass is 708 g/mol. The van der Waals surface area contributed by atoms with E-state index in [1.165, 1.54) is 0 Å². The Bertz CT molecular complexity index is 1620. The van der Waals surface area contributed by atoms with Crippen molar-refractivity contribution in [2.75, 3.05) is 68.7 Å². The van der Waals surface area contributed by atoms with E-state index in [1.54, 1.807) is 29.4 Å². The van der Waals surface area contributed by atoms with E-state index in [0.29, 0.717) is 62.0 Å². The van der Waals surface area contributed by atoms with Gasteiger partial charge in [0.25, 0.3) is 0 Å². The zero-order chi connectivity index (χ0) is 37.8. The zero-order valence-electron chi connectivity index (χ0n) is 31.2. The molecule has 0 unspecified atom stereocenters. The Hall–Kier alpha value is -5.39. The van der Waals surface area contributed by atoms with Gasteiger partial charge in [0.2, 0.25) is 0 Å². The molecule has 6 amide bonds. The molecule has 11 heteroatoms. The fourth-order valence-corrected chi connectivity index (χ4v) is 6.19. The Morgan fingerprint density at radius 3 is 0.635 bits per heavy atom. The summed E-state index contributed by atoms with van der Waals surface area (Å²) < 4.78 is 0. The first kappa shape index (κ1) is 39.4. The number of nitrogens with zero attached hydrogens (tertiary/aromatic N) is 6. The minimum Gasteiger partial charge on any atom is -0.392 e. The van der Waals surface area contributed by atoms with Gasteiger partial charge in [-0.15, -0.1) is 0 Å². The predicted molar refractivity (Wildman–Crippen MR) is 212 cm³/mol. The van der Waals surface area contributed by atoms with Crippen molar-refractivity contribution in [2.45, 2.75) is 54.8 Å². The van der Waals surface area contributed by atoms with Crippen molar-refractivity contribution in [3.63, 3.8) is 0 Å². The SMILES string of the molecule is CCN(C(=O)N(CC)c1ccc(N(CC)C(=O)N(CC)c2ccc(N(CC)C(=O)N(CC)c3ccc(CO)cc3)cc2)cc1)c1ccc(CO)cc1. The summed E-state index contributed by atoms with van der Waals surface area (Å²) in [5.74, 6) is 0. The number of aliphatic hydroxyl groups excluding tert-OH is 2. The van der Waals surface area contributed by atoms with E-state index in [-0.39, 0.29) is 31.3 Å². The van der Waals surface area contributed by atoms with Gasteiger partial charge >= 0.3 is 18.1 Å². The van der Waals surface area contributed by atoms with Crippen LogP contribution in [0.2, 0.25) is 0 Å². The van der Waals surface area contributed by atoms with Gasteiger partial charge in [-0.1, -0.05) is 24.3 Å². The minimum atomic E-state index is -0.190. The maximum atomic E-state index is 14.0. The van der Waals surface area contributed by atoms with Gasteiger partial charge in [-0.3, -0.25) is 29.4 Å². The van der Waals surface area contributed by atoms with E-state index >= 15 is 0 Å². The molecule has 0 spiro atoms. The number of hydrogen-bond donors (Lipinski definition) is 2. The third-order valence-corrected chi connectivity index (χ3v) is 9.09. The van der Waals surface area contributed by atoms with Gasteiger partial charge < -0.3 is 10.2 Å². The highest BCUT2D eigenvalue weighted by Gasteiger charge is 2.26. The molecular weight excluding hydrogens is 656 g/mol. The first-order chi connectivity index (χ1) is 25.2. The largest absolute Gasteiger partial charge is 0.392 e. The van der Waals surface area contributed by atoms with Crippen LogP contribution in [0.1, 0.15) is 52.7 Å². The molecule has 4 aromatic carbocycles. The molecule has 0 heterocycles. The number of rotatable bonds is 14. The van der Waals surface area contributed by atoms with E-state index in [0.717, 1.165) is 22.5 Å². The van der Waals surface area contributed by atoms with Gasteiger partial charge in [-0.25, -0.2) is 14.4 Å². The molecule has 0 radical (unpaired) electrons. The molecule has 0 fully saturated rings. The lowest BCUT2D eigenvalue weighted by Crippen LogP contribution is -2.44. The smallest absolute Gasteiger partial charge is 0.328 e. The second-order valence-corrected chi connectivity index (χ2v) is 12.0. The Labute approximate surface area is 307 Å². The predicted octanol–water partition coefficient (Wildman–Crippen LogP) is 8.09. The van der Waals surface area contributed by atoms with E-state index in [2.05, 4.69) is 0 Å². The highest BCUT2D eigenvalue weighted by Crippen LogP contribution is 2.28. The topological polar surface area (TPSA) is 111 Å². The van der Waals surface area contributed by atoms with Gasteiger partial charge in [0, 0.05) is 73.4 Å². The maximum Gasteiger partial charge on any atom is 0.328 e. The second kappa shape index (κ2) is 18.7. The normalized spacial score (nSPS) is 10.8. The molecule has 4 aromatic rings. The molecule has 2 N–H and O–H groups in total. The third kappa shape index (κ3) is 8.72. The fraction of sp³-hybridized carbons (Fsp3) is 0.341. The van der Waals surface area contributed by atoms with Crippen molar-refractivity contribution in [1.29, 1.82) is 0 Å². The van der Waals surface area contributed by atoms with Crippen LogP contribution in [0.3, 0.4) is 0 Å². The van der Waals surface area contributed by atoms with Gasteiger partial charge in [0.1, 0.15) is 0 Å². The number of benzene rings is 4. The van der Waals surface area contributed by atoms with Crippen molar-refractivity contribution >= 4 is 52.2 Å². The average Bonchev–Trinajstić information content (AvgIpc) is 3.18.